The Hall–Kier alpha value is -2.36. The first-order valence-corrected chi connectivity index (χ1v) is 13.3. The summed E-state index contributed by atoms with van der Waals surface area (Å²) in [5.74, 6) is -1.99. The molecule has 0 spiro atoms. The first-order valence-electron chi connectivity index (χ1n) is 11.9. The summed E-state index contributed by atoms with van der Waals surface area (Å²) in [6, 6.07) is 10.2. The molecular weight excluding hydrogens is 460 g/mol. The number of hydrogen-bond donors (Lipinski definition) is 1. The number of hydrogen-bond acceptors (Lipinski definition) is 4. The fourth-order valence-corrected chi connectivity index (χ4v) is 6.19. The Morgan fingerprint density at radius 2 is 1.62 bits per heavy atom. The minimum atomic E-state index is -3.62. The first kappa shape index (κ1) is 24.8. The predicted octanol–water partition coefficient (Wildman–Crippen LogP) is 3.92. The maximum atomic E-state index is 13.4. The van der Waals surface area contributed by atoms with Gasteiger partial charge in [0.25, 0.3) is 5.91 Å². The van der Waals surface area contributed by atoms with Crippen LogP contribution in [0.2, 0.25) is 0 Å². The molecule has 2 aliphatic heterocycles. The highest BCUT2D eigenvalue weighted by atomic mass is 32.2. The number of sulfonamides is 1. The summed E-state index contributed by atoms with van der Waals surface area (Å²) in [5, 5.41) is 3.02. The van der Waals surface area contributed by atoms with E-state index in [1.165, 1.54) is 16.4 Å². The number of benzene rings is 2. The van der Waals surface area contributed by atoms with Crippen LogP contribution in [0, 0.1) is 11.6 Å². The summed E-state index contributed by atoms with van der Waals surface area (Å²) >= 11 is 0. The summed E-state index contributed by atoms with van der Waals surface area (Å²) in [4.78, 5) is 15.2. The lowest BCUT2D eigenvalue weighted by Crippen LogP contribution is -2.44. The summed E-state index contributed by atoms with van der Waals surface area (Å²) in [5.41, 5.74) is 1.05. The van der Waals surface area contributed by atoms with Crippen LogP contribution in [0.4, 0.5) is 8.78 Å². The third-order valence-electron chi connectivity index (χ3n) is 6.61. The van der Waals surface area contributed by atoms with E-state index < -0.39 is 21.7 Å². The van der Waals surface area contributed by atoms with E-state index in [9.17, 15) is 22.0 Å². The highest BCUT2D eigenvalue weighted by Crippen LogP contribution is 2.22. The molecule has 0 saturated carbocycles. The lowest BCUT2D eigenvalue weighted by atomic mass is 10.0. The molecule has 0 atom stereocenters. The minimum Gasteiger partial charge on any atom is -0.349 e. The van der Waals surface area contributed by atoms with E-state index in [0.29, 0.717) is 43.9 Å². The quantitative estimate of drug-likeness (QED) is 0.665. The number of nitrogens with zero attached hydrogens (tertiary/aromatic N) is 2. The van der Waals surface area contributed by atoms with Gasteiger partial charge in [-0.3, -0.25) is 9.69 Å². The normalized spacial score (nSPS) is 19.0. The zero-order valence-corrected chi connectivity index (χ0v) is 20.0. The third-order valence-corrected chi connectivity index (χ3v) is 8.51. The fraction of sp³-hybridized carbons (Fsp3) is 0.480. The van der Waals surface area contributed by atoms with Gasteiger partial charge in [-0.2, -0.15) is 4.31 Å². The number of nitrogens with one attached hydrogen (secondary N) is 1. The molecule has 0 aliphatic carbocycles. The van der Waals surface area contributed by atoms with Crippen LogP contribution in [0.1, 0.15) is 54.4 Å². The molecule has 2 aliphatic rings. The van der Waals surface area contributed by atoms with Crippen molar-refractivity contribution in [2.75, 3.05) is 26.2 Å². The number of carbonyl (C=O) groups excluding carboxylic acids is 1. The van der Waals surface area contributed by atoms with E-state index in [0.717, 1.165) is 44.6 Å². The van der Waals surface area contributed by atoms with E-state index >= 15 is 0 Å². The zero-order chi connectivity index (χ0) is 24.1. The lowest BCUT2D eigenvalue weighted by Gasteiger charge is -2.32. The molecule has 2 aromatic carbocycles. The van der Waals surface area contributed by atoms with Gasteiger partial charge >= 0.3 is 0 Å². The van der Waals surface area contributed by atoms with E-state index in [1.54, 1.807) is 24.3 Å². The Morgan fingerprint density at radius 1 is 0.912 bits per heavy atom. The molecule has 9 heteroatoms. The Balaban J connectivity index is 1.33. The van der Waals surface area contributed by atoms with Gasteiger partial charge < -0.3 is 5.32 Å². The number of carbonyl (C=O) groups is 1. The summed E-state index contributed by atoms with van der Waals surface area (Å²) in [6.07, 6.45) is 5.23. The lowest BCUT2D eigenvalue weighted by molar-refractivity contribution is 0.0908. The van der Waals surface area contributed by atoms with Crippen molar-refractivity contribution in [3.63, 3.8) is 0 Å². The van der Waals surface area contributed by atoms with Gasteiger partial charge in [-0.05, 0) is 61.6 Å². The number of piperidine rings is 1. The average molecular weight is 492 g/mol. The van der Waals surface area contributed by atoms with Crippen molar-refractivity contribution in [1.29, 1.82) is 0 Å². The van der Waals surface area contributed by atoms with Gasteiger partial charge in [0.1, 0.15) is 0 Å². The van der Waals surface area contributed by atoms with Gasteiger partial charge in [-0.15, -0.1) is 0 Å². The second-order valence-corrected chi connectivity index (χ2v) is 11.1. The Morgan fingerprint density at radius 3 is 2.29 bits per heavy atom. The molecule has 34 heavy (non-hydrogen) atoms. The highest BCUT2D eigenvalue weighted by Gasteiger charge is 2.27. The van der Waals surface area contributed by atoms with E-state index in [-0.39, 0.29) is 16.8 Å². The van der Waals surface area contributed by atoms with Gasteiger partial charge in [0.05, 0.1) is 4.90 Å². The molecule has 4 rings (SSSR count). The van der Waals surface area contributed by atoms with E-state index in [2.05, 4.69) is 10.2 Å². The number of halogens is 2. The number of likely N-dealkylation sites (tertiary alicyclic amines) is 1. The molecule has 2 fully saturated rings. The van der Waals surface area contributed by atoms with Crippen LogP contribution in [-0.4, -0.2) is 55.8 Å². The van der Waals surface area contributed by atoms with Crippen LogP contribution < -0.4 is 5.32 Å². The van der Waals surface area contributed by atoms with E-state index in [4.69, 9.17) is 0 Å². The Labute approximate surface area is 200 Å². The SMILES string of the molecule is O=C(NC1CCN(Cc2ccc(F)c(F)c2)CC1)c1cccc(S(=O)(=O)N2CCCCCC2)c1. The van der Waals surface area contributed by atoms with Gasteiger partial charge in [0.2, 0.25) is 10.0 Å². The number of rotatable bonds is 6. The smallest absolute Gasteiger partial charge is 0.251 e. The predicted molar refractivity (Wildman–Crippen MR) is 126 cm³/mol. The molecule has 0 radical (unpaired) electrons. The van der Waals surface area contributed by atoms with Crippen LogP contribution in [0.3, 0.4) is 0 Å². The summed E-state index contributed by atoms with van der Waals surface area (Å²) in [6.45, 7) is 2.98. The molecule has 0 bridgehead atoms. The molecule has 2 aromatic rings. The van der Waals surface area contributed by atoms with Crippen molar-refractivity contribution < 1.29 is 22.0 Å². The van der Waals surface area contributed by atoms with Crippen LogP contribution in [0.5, 0.6) is 0 Å². The third kappa shape index (κ3) is 6.00. The van der Waals surface area contributed by atoms with Crippen LogP contribution in [-0.2, 0) is 16.6 Å². The molecule has 6 nitrogen and oxygen atoms in total. The molecular formula is C25H31F2N3O3S. The van der Waals surface area contributed by atoms with Crippen molar-refractivity contribution >= 4 is 15.9 Å². The molecule has 1 N–H and O–H groups in total. The largest absolute Gasteiger partial charge is 0.349 e. The monoisotopic (exact) mass is 491 g/mol. The Bertz CT molecular complexity index is 1110. The molecule has 0 unspecified atom stereocenters. The number of amides is 1. The second-order valence-electron chi connectivity index (χ2n) is 9.12. The van der Waals surface area contributed by atoms with Crippen molar-refractivity contribution in [1.82, 2.24) is 14.5 Å². The van der Waals surface area contributed by atoms with Crippen molar-refractivity contribution in [3.8, 4) is 0 Å². The van der Waals surface area contributed by atoms with Crippen LogP contribution >= 0.6 is 0 Å². The standard InChI is InChI=1S/C25H31F2N3O3S/c26-23-9-8-19(16-24(23)27)18-29-14-10-21(11-15-29)28-25(31)20-6-5-7-22(17-20)34(32,33)30-12-3-1-2-4-13-30/h5-9,16-17,21H,1-4,10-15,18H2,(H,28,31). The van der Waals surface area contributed by atoms with Gasteiger partial charge in [0.15, 0.2) is 11.6 Å². The average Bonchev–Trinajstić information content (AvgIpc) is 3.13. The topological polar surface area (TPSA) is 69.7 Å². The zero-order valence-electron chi connectivity index (χ0n) is 19.2. The van der Waals surface area contributed by atoms with Crippen LogP contribution in [0.25, 0.3) is 0 Å². The molecule has 2 saturated heterocycles. The molecule has 0 aromatic heterocycles. The van der Waals surface area contributed by atoms with Crippen molar-refractivity contribution in [2.24, 2.45) is 0 Å². The summed E-state index contributed by atoms with van der Waals surface area (Å²) < 4.78 is 54.2. The fourth-order valence-electron chi connectivity index (χ4n) is 4.63. The van der Waals surface area contributed by atoms with Gasteiger partial charge in [0, 0.05) is 44.3 Å². The van der Waals surface area contributed by atoms with Crippen LogP contribution in [0.15, 0.2) is 47.4 Å². The molecule has 2 heterocycles. The summed E-state index contributed by atoms with van der Waals surface area (Å²) in [7, 11) is -3.62. The maximum absolute atomic E-state index is 13.4. The van der Waals surface area contributed by atoms with Gasteiger partial charge in [-0.1, -0.05) is 25.0 Å². The second kappa shape index (κ2) is 10.9. The van der Waals surface area contributed by atoms with Crippen molar-refractivity contribution in [3.05, 3.63) is 65.2 Å². The molecule has 1 amide bonds. The minimum absolute atomic E-state index is 0.0282. The Kier molecular flexibility index (Phi) is 7.95. The first-order chi connectivity index (χ1) is 16.3. The van der Waals surface area contributed by atoms with E-state index in [1.807, 2.05) is 0 Å². The van der Waals surface area contributed by atoms with Gasteiger partial charge in [-0.25, -0.2) is 17.2 Å². The highest BCUT2D eigenvalue weighted by molar-refractivity contribution is 7.89. The van der Waals surface area contributed by atoms with Crippen molar-refractivity contribution in [2.45, 2.75) is 56.0 Å². The molecule has 184 valence electrons. The maximum Gasteiger partial charge on any atom is 0.251 e.